The van der Waals surface area contributed by atoms with Crippen LogP contribution in [-0.2, 0) is 14.4 Å². The van der Waals surface area contributed by atoms with E-state index in [1.165, 1.54) is 18.2 Å². The number of hydrogen-bond acceptors (Lipinski definition) is 5. The summed E-state index contributed by atoms with van der Waals surface area (Å²) in [6.45, 7) is 1.54. The minimum Gasteiger partial charge on any atom is -0.482 e. The minimum atomic E-state index is -0.960. The summed E-state index contributed by atoms with van der Waals surface area (Å²) in [4.78, 5) is 51.4. The van der Waals surface area contributed by atoms with E-state index < -0.39 is 29.6 Å². The first-order chi connectivity index (χ1) is 17.6. The number of urea groups is 1. The molecule has 2 N–H and O–H groups in total. The predicted octanol–water partition coefficient (Wildman–Crippen LogP) is 5.34. The second kappa shape index (κ2) is 11.1. The van der Waals surface area contributed by atoms with Crippen LogP contribution in [0.2, 0.25) is 0 Å². The smallest absolute Gasteiger partial charge is 0.335 e. The van der Waals surface area contributed by atoms with Crippen molar-refractivity contribution in [3.8, 4) is 5.75 Å². The Balaban J connectivity index is 1.62. The number of rotatable bonds is 6. The predicted molar refractivity (Wildman–Crippen MR) is 143 cm³/mol. The molecule has 4 rings (SSSR count). The SMILES string of the molecule is Cc1cccc(NC(=O)COc2c(Br)cc(Br)cc2/C=C2\C(=O)NC(=O)N(c3ccc(F)cc3)C2=O)c1. The standard InChI is InChI=1S/C26H18Br2FN3O5/c1-14-3-2-4-18(9-14)30-22(33)13-37-23-15(10-16(27)12-21(23)28)11-20-24(34)31-26(36)32(25(20)35)19-7-5-17(29)6-8-19/h2-12H,13H2,1H3,(H,30,33)(H,31,34,36)/b20-11+. The molecule has 1 aliphatic rings. The minimum absolute atomic E-state index is 0.0852. The fourth-order valence-corrected chi connectivity index (χ4v) is 4.91. The van der Waals surface area contributed by atoms with E-state index in [1.807, 2.05) is 25.1 Å². The van der Waals surface area contributed by atoms with Crippen LogP contribution >= 0.6 is 31.9 Å². The summed E-state index contributed by atoms with van der Waals surface area (Å²) in [5.74, 6) is -2.58. The van der Waals surface area contributed by atoms with Gasteiger partial charge in [0.1, 0.15) is 17.1 Å². The van der Waals surface area contributed by atoms with Gasteiger partial charge in [0.25, 0.3) is 17.7 Å². The van der Waals surface area contributed by atoms with Crippen LogP contribution in [0.4, 0.5) is 20.6 Å². The van der Waals surface area contributed by atoms with Gasteiger partial charge < -0.3 is 10.1 Å². The van der Waals surface area contributed by atoms with Crippen molar-refractivity contribution in [1.29, 1.82) is 0 Å². The quantitative estimate of drug-likeness (QED) is 0.283. The van der Waals surface area contributed by atoms with Gasteiger partial charge in [0.2, 0.25) is 0 Å². The molecule has 3 aromatic rings. The summed E-state index contributed by atoms with van der Waals surface area (Å²) < 4.78 is 20.1. The second-order valence-corrected chi connectivity index (χ2v) is 9.72. The molecule has 3 aromatic carbocycles. The van der Waals surface area contributed by atoms with E-state index in [4.69, 9.17) is 4.74 Å². The maximum atomic E-state index is 13.3. The number of aryl methyl sites for hydroxylation is 1. The Morgan fingerprint density at radius 1 is 1.08 bits per heavy atom. The van der Waals surface area contributed by atoms with Crippen molar-refractivity contribution >= 4 is 73.1 Å². The Bertz CT molecular complexity index is 1460. The van der Waals surface area contributed by atoms with Gasteiger partial charge in [-0.3, -0.25) is 19.7 Å². The fourth-order valence-electron chi connectivity index (χ4n) is 3.53. The van der Waals surface area contributed by atoms with Gasteiger partial charge in [-0.05, 0) is 83.0 Å². The lowest BCUT2D eigenvalue weighted by Crippen LogP contribution is -2.54. The van der Waals surface area contributed by atoms with Gasteiger partial charge in [-0.25, -0.2) is 14.1 Å². The van der Waals surface area contributed by atoms with Crippen LogP contribution in [0.1, 0.15) is 11.1 Å². The number of nitrogens with zero attached hydrogens (tertiary/aromatic N) is 1. The third-order valence-electron chi connectivity index (χ3n) is 5.17. The van der Waals surface area contributed by atoms with Crippen molar-refractivity contribution in [2.75, 3.05) is 16.8 Å². The van der Waals surface area contributed by atoms with Gasteiger partial charge in [0.05, 0.1) is 10.2 Å². The third-order valence-corrected chi connectivity index (χ3v) is 6.22. The van der Waals surface area contributed by atoms with E-state index in [0.29, 0.717) is 14.6 Å². The van der Waals surface area contributed by atoms with E-state index in [2.05, 4.69) is 42.5 Å². The van der Waals surface area contributed by atoms with E-state index in [1.54, 1.807) is 18.2 Å². The molecule has 0 atom stereocenters. The number of nitrogens with one attached hydrogen (secondary N) is 2. The number of amides is 5. The average Bonchev–Trinajstić information content (AvgIpc) is 2.82. The summed E-state index contributed by atoms with van der Waals surface area (Å²) in [5, 5.41) is 4.85. The Labute approximate surface area is 227 Å². The molecule has 0 bridgehead atoms. The Morgan fingerprint density at radius 3 is 2.51 bits per heavy atom. The highest BCUT2D eigenvalue weighted by molar-refractivity contribution is 9.11. The number of carbonyl (C=O) groups is 4. The van der Waals surface area contributed by atoms with Gasteiger partial charge in [-0.15, -0.1) is 0 Å². The molecule has 1 heterocycles. The van der Waals surface area contributed by atoms with E-state index in [9.17, 15) is 23.6 Å². The molecule has 1 fully saturated rings. The summed E-state index contributed by atoms with van der Waals surface area (Å²) >= 11 is 6.74. The molecule has 1 aliphatic heterocycles. The van der Waals surface area contributed by atoms with Crippen LogP contribution in [0.25, 0.3) is 6.08 Å². The molecule has 0 aliphatic carbocycles. The van der Waals surface area contributed by atoms with E-state index >= 15 is 0 Å². The van der Waals surface area contributed by atoms with Gasteiger partial charge >= 0.3 is 6.03 Å². The molecule has 0 radical (unpaired) electrons. The molecule has 0 unspecified atom stereocenters. The first-order valence-corrected chi connectivity index (χ1v) is 12.4. The van der Waals surface area contributed by atoms with Crippen LogP contribution in [0, 0.1) is 12.7 Å². The summed E-state index contributed by atoms with van der Waals surface area (Å²) in [5.41, 5.74) is 1.61. The molecule has 0 spiro atoms. The van der Waals surface area contributed by atoms with Crippen LogP contribution in [0.5, 0.6) is 5.75 Å². The second-order valence-electron chi connectivity index (χ2n) is 7.95. The number of anilines is 2. The number of halogens is 3. The maximum absolute atomic E-state index is 13.3. The Morgan fingerprint density at radius 2 is 1.81 bits per heavy atom. The van der Waals surface area contributed by atoms with Gasteiger partial charge in [-0.1, -0.05) is 28.1 Å². The first-order valence-electron chi connectivity index (χ1n) is 10.8. The molecule has 0 aromatic heterocycles. The van der Waals surface area contributed by atoms with Gasteiger partial charge in [0.15, 0.2) is 6.61 Å². The molecular weight excluding hydrogens is 613 g/mol. The molecular formula is C26H18Br2FN3O5. The third kappa shape index (κ3) is 6.12. The average molecular weight is 631 g/mol. The number of barbiturate groups is 1. The van der Waals surface area contributed by atoms with Crippen LogP contribution in [-0.4, -0.2) is 30.4 Å². The largest absolute Gasteiger partial charge is 0.482 e. The molecule has 5 amide bonds. The molecule has 8 nitrogen and oxygen atoms in total. The van der Waals surface area contributed by atoms with Crippen molar-refractivity contribution < 1.29 is 28.3 Å². The van der Waals surface area contributed by atoms with Crippen molar-refractivity contribution in [2.24, 2.45) is 0 Å². The number of ether oxygens (including phenoxy) is 1. The topological polar surface area (TPSA) is 105 Å². The van der Waals surface area contributed by atoms with Gasteiger partial charge in [0, 0.05) is 15.7 Å². The zero-order valence-corrected chi connectivity index (χ0v) is 22.4. The maximum Gasteiger partial charge on any atom is 0.335 e. The summed E-state index contributed by atoms with van der Waals surface area (Å²) in [7, 11) is 0. The number of benzene rings is 3. The first kappa shape index (κ1) is 26.2. The number of carbonyl (C=O) groups excluding carboxylic acids is 4. The lowest BCUT2D eigenvalue weighted by atomic mass is 10.1. The molecule has 11 heteroatoms. The van der Waals surface area contributed by atoms with E-state index in [-0.39, 0.29) is 29.2 Å². The summed E-state index contributed by atoms with van der Waals surface area (Å²) in [6.07, 6.45) is 1.25. The Hall–Kier alpha value is -3.83. The molecule has 1 saturated heterocycles. The highest BCUT2D eigenvalue weighted by Gasteiger charge is 2.37. The van der Waals surface area contributed by atoms with Crippen LogP contribution in [0.3, 0.4) is 0 Å². The van der Waals surface area contributed by atoms with Crippen molar-refractivity contribution in [2.45, 2.75) is 6.92 Å². The van der Waals surface area contributed by atoms with E-state index in [0.717, 1.165) is 22.6 Å². The molecule has 37 heavy (non-hydrogen) atoms. The van der Waals surface area contributed by atoms with Gasteiger partial charge in [-0.2, -0.15) is 0 Å². The monoisotopic (exact) mass is 629 g/mol. The zero-order valence-electron chi connectivity index (χ0n) is 19.2. The fraction of sp³-hybridized carbons (Fsp3) is 0.0769. The normalized spacial score (nSPS) is 14.5. The van der Waals surface area contributed by atoms with Crippen LogP contribution < -0.4 is 20.3 Å². The number of imide groups is 2. The number of hydrogen-bond donors (Lipinski definition) is 2. The van der Waals surface area contributed by atoms with Crippen molar-refractivity contribution in [1.82, 2.24) is 5.32 Å². The molecule has 0 saturated carbocycles. The highest BCUT2D eigenvalue weighted by Crippen LogP contribution is 2.35. The lowest BCUT2D eigenvalue weighted by Gasteiger charge is -2.26. The zero-order chi connectivity index (χ0) is 26.7. The highest BCUT2D eigenvalue weighted by atomic mass is 79.9. The summed E-state index contributed by atoms with van der Waals surface area (Å²) in [6, 6.07) is 14.3. The van der Waals surface area contributed by atoms with Crippen molar-refractivity contribution in [3.63, 3.8) is 0 Å². The Kier molecular flexibility index (Phi) is 7.84. The lowest BCUT2D eigenvalue weighted by molar-refractivity contribution is -0.122. The van der Waals surface area contributed by atoms with Crippen molar-refractivity contribution in [3.05, 3.63) is 92.1 Å². The molecule has 188 valence electrons. The van der Waals surface area contributed by atoms with Crippen LogP contribution in [0.15, 0.2) is 75.2 Å².